The van der Waals surface area contributed by atoms with Crippen LogP contribution in [0.1, 0.15) is 79.3 Å². The third-order valence-electron chi connectivity index (χ3n) is 9.74. The fourth-order valence-electron chi connectivity index (χ4n) is 7.62. The summed E-state index contributed by atoms with van der Waals surface area (Å²) in [5, 5.41) is 5.91. The fraction of sp³-hybridized carbons (Fsp3) is 0.471. The van der Waals surface area contributed by atoms with Crippen LogP contribution in [0.3, 0.4) is 0 Å². The number of amides is 2. The molecule has 1 saturated heterocycles. The quantitative estimate of drug-likeness (QED) is 0.448. The summed E-state index contributed by atoms with van der Waals surface area (Å²) in [5.41, 5.74) is 9.39. The van der Waals surface area contributed by atoms with Crippen molar-refractivity contribution in [3.8, 4) is 0 Å². The number of nitrogens with two attached hydrogens (primary N) is 1. The number of hydrogen-bond acceptors (Lipinski definition) is 4. The Hall–Kier alpha value is -3.38. The van der Waals surface area contributed by atoms with Crippen molar-refractivity contribution < 1.29 is 9.59 Å². The lowest BCUT2D eigenvalue weighted by Crippen LogP contribution is -2.57. The number of carbonyl (C=O) groups is 2. The number of rotatable bonds is 5. The number of benzene rings is 3. The van der Waals surface area contributed by atoms with Crippen LogP contribution >= 0.6 is 0 Å². The third kappa shape index (κ3) is 4.98. The predicted molar refractivity (Wildman–Crippen MR) is 162 cm³/mol. The maximum Gasteiger partial charge on any atom is 0.248 e. The summed E-state index contributed by atoms with van der Waals surface area (Å²) in [7, 11) is 2.15. The van der Waals surface area contributed by atoms with Gasteiger partial charge in [-0.05, 0) is 79.9 Å². The molecule has 6 rings (SSSR count). The fourth-order valence-corrected chi connectivity index (χ4v) is 7.62. The Morgan fingerprint density at radius 3 is 2.38 bits per heavy atom. The Labute approximate surface area is 237 Å². The van der Waals surface area contributed by atoms with E-state index in [1.54, 1.807) is 0 Å². The minimum absolute atomic E-state index is 0.132. The van der Waals surface area contributed by atoms with Gasteiger partial charge in [-0.1, -0.05) is 80.6 Å². The molecule has 0 radical (unpaired) electrons. The molecular weight excluding hydrogens is 496 g/mol. The maximum absolute atomic E-state index is 14.6. The highest BCUT2D eigenvalue weighted by Crippen LogP contribution is 2.53. The Balaban J connectivity index is 1.47. The molecule has 3 aliphatic rings. The van der Waals surface area contributed by atoms with E-state index in [0.717, 1.165) is 57.3 Å². The molecule has 2 aliphatic heterocycles. The van der Waals surface area contributed by atoms with E-state index in [-0.39, 0.29) is 23.4 Å². The number of primary amides is 1. The van der Waals surface area contributed by atoms with Gasteiger partial charge in [0.15, 0.2) is 0 Å². The summed E-state index contributed by atoms with van der Waals surface area (Å²) >= 11 is 0. The van der Waals surface area contributed by atoms with Gasteiger partial charge in [-0.2, -0.15) is 0 Å². The second-order valence-corrected chi connectivity index (χ2v) is 12.3. The maximum atomic E-state index is 14.6. The van der Waals surface area contributed by atoms with Crippen molar-refractivity contribution in [2.75, 3.05) is 25.0 Å². The van der Waals surface area contributed by atoms with Crippen LogP contribution in [0.2, 0.25) is 0 Å². The number of hydrogen-bond donors (Lipinski definition) is 2. The molecule has 1 spiro atoms. The molecule has 1 saturated carbocycles. The second-order valence-electron chi connectivity index (χ2n) is 12.3. The molecule has 6 heteroatoms. The first kappa shape index (κ1) is 26.8. The van der Waals surface area contributed by atoms with Crippen LogP contribution in [0, 0.1) is 0 Å². The highest BCUT2D eigenvalue weighted by Gasteiger charge is 2.54. The van der Waals surface area contributed by atoms with Crippen LogP contribution in [0.25, 0.3) is 10.8 Å². The van der Waals surface area contributed by atoms with Crippen molar-refractivity contribution in [2.24, 2.45) is 5.73 Å². The van der Waals surface area contributed by atoms with Crippen molar-refractivity contribution in [2.45, 2.75) is 81.8 Å². The molecule has 3 aromatic rings. The van der Waals surface area contributed by atoms with Crippen LogP contribution in [-0.2, 0) is 16.8 Å². The first-order valence-electron chi connectivity index (χ1n) is 15.1. The van der Waals surface area contributed by atoms with Gasteiger partial charge in [-0.3, -0.25) is 9.59 Å². The summed E-state index contributed by atoms with van der Waals surface area (Å²) in [6.45, 7) is 2.61. The van der Waals surface area contributed by atoms with Crippen LogP contribution in [0.5, 0.6) is 0 Å². The van der Waals surface area contributed by atoms with Gasteiger partial charge in [0.1, 0.15) is 6.04 Å². The third-order valence-corrected chi connectivity index (χ3v) is 9.74. The second kappa shape index (κ2) is 11.2. The standard InChI is InChI=1S/C34H42N4O2/c1-37-20-16-27(17-21-37)36-33(40)31-34(18-7-3-2-4-8-19-34)29-15-14-25(32(35)39)22-30(29)38(31)23-26-12-9-11-24-10-5-6-13-28(24)26/h5-6,9-15,22,27,31H,2-4,7-8,16-21,23H2,1H3,(H2,35,39)(H,36,40). The normalized spacial score (nSPS) is 21.6. The molecule has 0 aromatic heterocycles. The van der Waals surface area contributed by atoms with E-state index >= 15 is 0 Å². The van der Waals surface area contributed by atoms with Gasteiger partial charge in [-0.25, -0.2) is 0 Å². The van der Waals surface area contributed by atoms with Crippen molar-refractivity contribution in [3.05, 3.63) is 77.4 Å². The van der Waals surface area contributed by atoms with E-state index in [4.69, 9.17) is 5.73 Å². The van der Waals surface area contributed by atoms with Gasteiger partial charge in [0.25, 0.3) is 0 Å². The largest absolute Gasteiger partial charge is 0.366 e. The molecule has 6 nitrogen and oxygen atoms in total. The minimum atomic E-state index is -0.432. The summed E-state index contributed by atoms with van der Waals surface area (Å²) in [5.74, 6) is -0.300. The van der Waals surface area contributed by atoms with E-state index in [1.165, 1.54) is 41.2 Å². The van der Waals surface area contributed by atoms with Crippen molar-refractivity contribution >= 4 is 28.3 Å². The minimum Gasteiger partial charge on any atom is -0.366 e. The van der Waals surface area contributed by atoms with Gasteiger partial charge >= 0.3 is 0 Å². The zero-order valence-corrected chi connectivity index (χ0v) is 23.7. The lowest BCUT2D eigenvalue weighted by Gasteiger charge is -2.41. The van der Waals surface area contributed by atoms with Crippen LogP contribution in [0.15, 0.2) is 60.7 Å². The van der Waals surface area contributed by atoms with Crippen LogP contribution in [-0.4, -0.2) is 48.9 Å². The van der Waals surface area contributed by atoms with Gasteiger partial charge in [0, 0.05) is 29.3 Å². The number of nitrogens with one attached hydrogen (secondary N) is 1. The number of nitrogens with zero attached hydrogens (tertiary/aromatic N) is 2. The van der Waals surface area contributed by atoms with Crippen molar-refractivity contribution in [1.82, 2.24) is 10.2 Å². The van der Waals surface area contributed by atoms with Crippen molar-refractivity contribution in [3.63, 3.8) is 0 Å². The zero-order chi connectivity index (χ0) is 27.7. The average Bonchev–Trinajstić information content (AvgIpc) is 3.21. The van der Waals surface area contributed by atoms with E-state index in [2.05, 4.69) is 70.7 Å². The first-order chi connectivity index (χ1) is 19.5. The molecule has 1 aliphatic carbocycles. The van der Waals surface area contributed by atoms with Gasteiger partial charge in [0.05, 0.1) is 0 Å². The zero-order valence-electron chi connectivity index (χ0n) is 23.7. The number of piperidine rings is 1. The Bertz CT molecular complexity index is 1380. The van der Waals surface area contributed by atoms with Gasteiger partial charge < -0.3 is 20.9 Å². The van der Waals surface area contributed by atoms with Crippen molar-refractivity contribution in [1.29, 1.82) is 0 Å². The molecule has 3 aromatic carbocycles. The highest BCUT2D eigenvalue weighted by molar-refractivity contribution is 5.97. The number of anilines is 1. The van der Waals surface area contributed by atoms with E-state index in [9.17, 15) is 9.59 Å². The first-order valence-corrected chi connectivity index (χ1v) is 15.1. The molecule has 1 atom stereocenters. The molecule has 40 heavy (non-hydrogen) atoms. The number of likely N-dealkylation sites (tertiary alicyclic amines) is 1. The predicted octanol–water partition coefficient (Wildman–Crippen LogP) is 5.52. The molecule has 2 fully saturated rings. The lowest BCUT2D eigenvalue weighted by atomic mass is 9.67. The topological polar surface area (TPSA) is 78.7 Å². The Kier molecular flexibility index (Phi) is 7.54. The van der Waals surface area contributed by atoms with E-state index in [1.807, 2.05) is 12.1 Å². The smallest absolute Gasteiger partial charge is 0.248 e. The Morgan fingerprint density at radius 1 is 0.925 bits per heavy atom. The molecule has 2 heterocycles. The molecule has 2 amide bonds. The summed E-state index contributed by atoms with van der Waals surface area (Å²) in [6, 6.07) is 20.7. The van der Waals surface area contributed by atoms with E-state index < -0.39 is 5.91 Å². The molecule has 1 unspecified atom stereocenters. The monoisotopic (exact) mass is 538 g/mol. The van der Waals surface area contributed by atoms with Gasteiger partial charge in [-0.15, -0.1) is 0 Å². The highest BCUT2D eigenvalue weighted by atomic mass is 16.2. The number of fused-ring (bicyclic) bond motifs is 3. The molecular formula is C34H42N4O2. The summed E-state index contributed by atoms with van der Waals surface area (Å²) in [6.07, 6.45) is 9.78. The lowest BCUT2D eigenvalue weighted by molar-refractivity contribution is -0.125. The number of carbonyl (C=O) groups excluding carboxylic acids is 2. The summed E-state index contributed by atoms with van der Waals surface area (Å²) < 4.78 is 0. The Morgan fingerprint density at radius 2 is 1.62 bits per heavy atom. The summed E-state index contributed by atoms with van der Waals surface area (Å²) in [4.78, 5) is 31.5. The van der Waals surface area contributed by atoms with E-state index in [0.29, 0.717) is 12.1 Å². The molecule has 0 bridgehead atoms. The van der Waals surface area contributed by atoms with Crippen LogP contribution in [0.4, 0.5) is 5.69 Å². The van der Waals surface area contributed by atoms with Crippen LogP contribution < -0.4 is 16.0 Å². The molecule has 3 N–H and O–H groups in total. The van der Waals surface area contributed by atoms with Gasteiger partial charge in [0.2, 0.25) is 11.8 Å². The SMILES string of the molecule is CN1CCC(NC(=O)C2N(Cc3cccc4ccccc34)c3cc(C(N)=O)ccc3C23CCCCCCC3)CC1. The molecule has 210 valence electrons. The average molecular weight is 539 g/mol.